The third kappa shape index (κ3) is 7.50. The fourth-order valence-corrected chi connectivity index (χ4v) is 7.18. The lowest BCUT2D eigenvalue weighted by Gasteiger charge is -2.16. The lowest BCUT2D eigenvalue weighted by atomic mass is 10.1. The highest BCUT2D eigenvalue weighted by Gasteiger charge is 2.22. The van der Waals surface area contributed by atoms with Gasteiger partial charge in [-0.2, -0.15) is 16.8 Å². The van der Waals surface area contributed by atoms with Gasteiger partial charge < -0.3 is 20.8 Å². The zero-order valence-electron chi connectivity index (χ0n) is 28.2. The van der Waals surface area contributed by atoms with Crippen molar-refractivity contribution in [3.63, 3.8) is 0 Å². The minimum absolute atomic E-state index is 0.0535. The van der Waals surface area contributed by atoms with Crippen LogP contribution >= 0.6 is 0 Å². The molecule has 0 heterocycles. The van der Waals surface area contributed by atoms with Crippen molar-refractivity contribution in [1.29, 1.82) is 0 Å². The van der Waals surface area contributed by atoms with Crippen LogP contribution in [0.1, 0.15) is 31.8 Å². The summed E-state index contributed by atoms with van der Waals surface area (Å²) in [5, 5.41) is 32.1. The van der Waals surface area contributed by atoms with Gasteiger partial charge in [-0.05, 0) is 61.4 Å². The summed E-state index contributed by atoms with van der Waals surface area (Å²) in [6.07, 6.45) is 0. The van der Waals surface area contributed by atoms with E-state index in [0.29, 0.717) is 11.1 Å². The van der Waals surface area contributed by atoms with Crippen LogP contribution in [0.15, 0.2) is 107 Å². The van der Waals surface area contributed by atoms with Gasteiger partial charge in [-0.1, -0.05) is 60.7 Å². The SMILES string of the molecule is Cc1ccc(C(=O)NC(=O)NC(=O)c2ccc(C)c(Nc3cc(S(=O)(=O)O)c4ccccc4c3O)c2)cc1Nc1cc(S(=O)(=O)O)c2ccccc2c1O. The van der Waals surface area contributed by atoms with Gasteiger partial charge in [0.15, 0.2) is 0 Å². The van der Waals surface area contributed by atoms with Crippen LogP contribution in [0.5, 0.6) is 11.5 Å². The van der Waals surface area contributed by atoms with Crippen LogP contribution in [0.2, 0.25) is 0 Å². The first-order valence-electron chi connectivity index (χ1n) is 15.8. The molecule has 0 spiro atoms. The van der Waals surface area contributed by atoms with Crippen LogP contribution in [-0.2, 0) is 20.2 Å². The van der Waals surface area contributed by atoms with Crippen molar-refractivity contribution >= 4 is 82.4 Å². The number of rotatable bonds is 8. The molecule has 6 rings (SSSR count). The fraction of sp³-hybridized carbons (Fsp3) is 0.0541. The second kappa shape index (κ2) is 14.1. The molecule has 0 saturated carbocycles. The van der Waals surface area contributed by atoms with E-state index in [-0.39, 0.29) is 66.9 Å². The van der Waals surface area contributed by atoms with Crippen molar-refractivity contribution < 1.29 is 50.5 Å². The third-order valence-electron chi connectivity index (χ3n) is 8.50. The number of benzene rings is 6. The van der Waals surface area contributed by atoms with E-state index in [1.807, 2.05) is 0 Å². The molecule has 54 heavy (non-hydrogen) atoms. The van der Waals surface area contributed by atoms with E-state index in [0.717, 1.165) is 12.1 Å². The molecule has 0 aliphatic rings. The molecule has 276 valence electrons. The van der Waals surface area contributed by atoms with Crippen molar-refractivity contribution in [2.75, 3.05) is 10.6 Å². The summed E-state index contributed by atoms with van der Waals surface area (Å²) in [6.45, 7) is 3.33. The number of hydrogen-bond acceptors (Lipinski definition) is 11. The molecule has 0 aliphatic carbocycles. The minimum atomic E-state index is -4.70. The van der Waals surface area contributed by atoms with Gasteiger partial charge in [-0.15, -0.1) is 0 Å². The van der Waals surface area contributed by atoms with Crippen LogP contribution in [0.3, 0.4) is 0 Å². The Bertz CT molecular complexity index is 2600. The Labute approximate surface area is 307 Å². The van der Waals surface area contributed by atoms with Crippen LogP contribution in [0.25, 0.3) is 21.5 Å². The number of fused-ring (bicyclic) bond motifs is 2. The molecule has 0 radical (unpaired) electrons. The Morgan fingerprint density at radius 3 is 1.20 bits per heavy atom. The molecule has 0 bridgehead atoms. The molecule has 4 amide bonds. The van der Waals surface area contributed by atoms with Crippen molar-refractivity contribution in [2.24, 2.45) is 0 Å². The fourth-order valence-electron chi connectivity index (χ4n) is 5.74. The molecule has 6 aromatic carbocycles. The second-order valence-corrected chi connectivity index (χ2v) is 14.9. The smallest absolute Gasteiger partial charge is 0.328 e. The minimum Gasteiger partial charge on any atom is -0.505 e. The maximum atomic E-state index is 13.1. The van der Waals surface area contributed by atoms with Crippen LogP contribution in [0, 0.1) is 13.8 Å². The maximum absolute atomic E-state index is 13.1. The number of hydrogen-bond donors (Lipinski definition) is 8. The molecule has 0 fully saturated rings. The molecule has 6 aromatic rings. The predicted molar refractivity (Wildman–Crippen MR) is 200 cm³/mol. The number of aryl methyl sites for hydroxylation is 2. The zero-order valence-corrected chi connectivity index (χ0v) is 29.8. The van der Waals surface area contributed by atoms with Crippen LogP contribution in [0.4, 0.5) is 27.5 Å². The Morgan fingerprint density at radius 2 is 0.852 bits per heavy atom. The van der Waals surface area contributed by atoms with Gasteiger partial charge in [-0.3, -0.25) is 29.3 Å². The lowest BCUT2D eigenvalue weighted by molar-refractivity contribution is 0.0944. The predicted octanol–water partition coefficient (Wildman–Crippen LogP) is 6.28. The van der Waals surface area contributed by atoms with Gasteiger partial charge in [0.2, 0.25) is 0 Å². The summed E-state index contributed by atoms with van der Waals surface area (Å²) in [7, 11) is -9.40. The van der Waals surface area contributed by atoms with Crippen molar-refractivity contribution in [3.05, 3.63) is 119 Å². The van der Waals surface area contributed by atoms with Gasteiger partial charge >= 0.3 is 6.03 Å². The third-order valence-corrected chi connectivity index (χ3v) is 10.3. The number of amides is 4. The Hall–Kier alpha value is -6.53. The number of imide groups is 2. The largest absolute Gasteiger partial charge is 0.505 e. The number of urea groups is 1. The molecule has 0 aliphatic heterocycles. The van der Waals surface area contributed by atoms with Gasteiger partial charge in [0.25, 0.3) is 32.1 Å². The molecule has 8 N–H and O–H groups in total. The Morgan fingerprint density at radius 1 is 0.500 bits per heavy atom. The van der Waals surface area contributed by atoms with Gasteiger partial charge in [0, 0.05) is 44.0 Å². The van der Waals surface area contributed by atoms with E-state index < -0.39 is 47.9 Å². The normalized spacial score (nSPS) is 11.6. The average molecular weight is 771 g/mol. The van der Waals surface area contributed by atoms with E-state index in [1.165, 1.54) is 60.7 Å². The second-order valence-electron chi connectivity index (χ2n) is 12.1. The number of carbonyl (C=O) groups excluding carboxylic acids is 3. The van der Waals surface area contributed by atoms with E-state index >= 15 is 0 Å². The highest BCUT2D eigenvalue weighted by Crippen LogP contribution is 2.40. The summed E-state index contributed by atoms with van der Waals surface area (Å²) in [5.74, 6) is -2.48. The van der Waals surface area contributed by atoms with Crippen molar-refractivity contribution in [1.82, 2.24) is 10.6 Å². The highest BCUT2D eigenvalue weighted by atomic mass is 32.2. The number of aromatic hydroxyl groups is 2. The summed E-state index contributed by atoms with van der Waals surface area (Å²) >= 11 is 0. The molecular formula is C37H30N4O11S2. The number of phenols is 2. The first-order chi connectivity index (χ1) is 25.4. The molecule has 17 heteroatoms. The first-order valence-corrected chi connectivity index (χ1v) is 18.7. The molecule has 0 atom stereocenters. The quantitative estimate of drug-likeness (QED) is 0.0628. The number of anilines is 4. The van der Waals surface area contributed by atoms with Crippen LogP contribution in [-0.4, -0.2) is 54.0 Å². The summed E-state index contributed by atoms with van der Waals surface area (Å²) in [5.41, 5.74) is 1.31. The average Bonchev–Trinajstić information content (AvgIpc) is 3.11. The molecule has 0 unspecified atom stereocenters. The number of phenolic OH excluding ortho intramolecular Hbond substituents is 2. The van der Waals surface area contributed by atoms with Crippen molar-refractivity contribution in [3.8, 4) is 11.5 Å². The molecule has 0 aromatic heterocycles. The van der Waals surface area contributed by atoms with Crippen LogP contribution < -0.4 is 21.3 Å². The van der Waals surface area contributed by atoms with Gasteiger partial charge in [0.05, 0.1) is 11.4 Å². The Kier molecular flexibility index (Phi) is 9.74. The first kappa shape index (κ1) is 37.2. The zero-order chi connectivity index (χ0) is 39.1. The van der Waals surface area contributed by atoms with Gasteiger partial charge in [-0.25, -0.2) is 4.79 Å². The van der Waals surface area contributed by atoms with E-state index in [2.05, 4.69) is 21.3 Å². The molecule has 0 saturated heterocycles. The van der Waals surface area contributed by atoms with E-state index in [9.17, 15) is 50.5 Å². The Balaban J connectivity index is 1.19. The van der Waals surface area contributed by atoms with Crippen molar-refractivity contribution in [2.45, 2.75) is 23.6 Å². The van der Waals surface area contributed by atoms with E-state index in [1.54, 1.807) is 38.1 Å². The standard InChI is InChI=1S/C37H30N4O11S2/c1-19-11-13-21(15-27(19)38-29-17-31(53(47,48)49)23-7-3-5-9-25(23)33(29)42)35(44)40-37(46)41-36(45)22-14-12-20(2)28(16-22)39-30-18-32(54(50,51)52)24-8-4-6-10-26(24)34(30)43/h3-18,38-39,42-43H,1-2H3,(H,47,48,49)(H,50,51,52)(H2,40,41,44,45,46). The number of nitrogens with one attached hydrogen (secondary N) is 4. The molecule has 15 nitrogen and oxygen atoms in total. The monoisotopic (exact) mass is 770 g/mol. The summed E-state index contributed by atoms with van der Waals surface area (Å²) in [4.78, 5) is 38.0. The molecular weight excluding hydrogens is 741 g/mol. The van der Waals surface area contributed by atoms with E-state index in [4.69, 9.17) is 0 Å². The summed E-state index contributed by atoms with van der Waals surface area (Å²) < 4.78 is 68.2. The highest BCUT2D eigenvalue weighted by molar-refractivity contribution is 7.86. The maximum Gasteiger partial charge on any atom is 0.328 e. The van der Waals surface area contributed by atoms with Gasteiger partial charge in [0.1, 0.15) is 21.3 Å². The summed E-state index contributed by atoms with van der Waals surface area (Å²) in [6, 6.07) is 21.4. The topological polar surface area (TPSA) is 249 Å². The number of carbonyl (C=O) groups is 3. The lowest BCUT2D eigenvalue weighted by Crippen LogP contribution is -2.42.